The minimum atomic E-state index is -3.07. The summed E-state index contributed by atoms with van der Waals surface area (Å²) in [5.41, 5.74) is 0. The van der Waals surface area contributed by atoms with E-state index < -0.39 is 5.96 Å². The summed E-state index contributed by atoms with van der Waals surface area (Å²) in [6.07, 6.45) is 23.2. The summed E-state index contributed by atoms with van der Waals surface area (Å²) in [7, 11) is 0. The van der Waals surface area contributed by atoms with Crippen LogP contribution in [0.5, 0.6) is 0 Å². The molecule has 0 nitrogen and oxygen atoms in total. The van der Waals surface area contributed by atoms with Crippen molar-refractivity contribution in [2.75, 3.05) is 6.16 Å². The Bertz CT molecular complexity index is 886. The summed E-state index contributed by atoms with van der Waals surface area (Å²) >= 11 is 8.17. The van der Waals surface area contributed by atoms with Gasteiger partial charge in [0.2, 0.25) is 0 Å². The van der Waals surface area contributed by atoms with Crippen LogP contribution in [-0.4, -0.2) is 6.16 Å². The van der Waals surface area contributed by atoms with Crippen LogP contribution in [0, 0.1) is 0 Å². The van der Waals surface area contributed by atoms with Gasteiger partial charge >= 0.3 is 201 Å². The van der Waals surface area contributed by atoms with Crippen LogP contribution in [-0.2, 0) is 0 Å². The number of halogens is 1. The molecule has 38 heavy (non-hydrogen) atoms. The van der Waals surface area contributed by atoms with E-state index in [9.17, 15) is 0 Å². The Hall–Kier alpha value is -1.62. The van der Waals surface area contributed by atoms with E-state index in [4.69, 9.17) is 11.2 Å². The van der Waals surface area contributed by atoms with Gasteiger partial charge in [-0.2, -0.15) is 0 Å². The molecular weight excluding hydrogens is 499 g/mol. The zero-order valence-corrected chi connectivity index (χ0v) is 25.7. The monoisotopic (exact) mass is 550 g/mol. The van der Waals surface area contributed by atoms with Gasteiger partial charge in [0.15, 0.2) is 0 Å². The quantitative estimate of drug-likeness (QED) is 0.0968. The summed E-state index contributed by atoms with van der Waals surface area (Å²) in [6.45, 7) is 2.30. The average Bonchev–Trinajstić information content (AvgIpc) is 2.98. The van der Waals surface area contributed by atoms with Crippen molar-refractivity contribution in [3.05, 3.63) is 91.0 Å². The van der Waals surface area contributed by atoms with Crippen LogP contribution in [0.3, 0.4) is 0 Å². The first-order valence-corrected chi connectivity index (χ1v) is 18.9. The number of rotatable bonds is 20. The molecule has 0 aromatic heterocycles. The Labute approximate surface area is 239 Å². The number of benzene rings is 3. The van der Waals surface area contributed by atoms with Gasteiger partial charge in [-0.3, -0.25) is 0 Å². The Kier molecular flexibility index (Phi) is 14.0. The molecular formula is C36H52ClP. The fourth-order valence-corrected chi connectivity index (χ4v) is 12.2. The molecule has 3 rings (SSSR count). The Morgan fingerprint density at radius 2 is 0.658 bits per heavy atom. The van der Waals surface area contributed by atoms with Gasteiger partial charge in [-0.1, -0.05) is 39.0 Å². The van der Waals surface area contributed by atoms with E-state index in [2.05, 4.69) is 97.9 Å². The third kappa shape index (κ3) is 8.69. The van der Waals surface area contributed by atoms with Gasteiger partial charge in [-0.15, -0.1) is 0 Å². The molecule has 0 saturated carbocycles. The number of hydrogen-bond acceptors (Lipinski definition) is 0. The Balaban J connectivity index is 1.47. The molecule has 0 N–H and O–H groups in total. The maximum absolute atomic E-state index is 8.17. The fraction of sp³-hybridized carbons (Fsp3) is 0.500. The Morgan fingerprint density at radius 1 is 0.395 bits per heavy atom. The molecule has 0 aliphatic rings. The van der Waals surface area contributed by atoms with Crippen molar-refractivity contribution in [1.29, 1.82) is 0 Å². The molecule has 0 saturated heterocycles. The molecule has 0 bridgehead atoms. The second-order valence-electron chi connectivity index (χ2n) is 11.2. The predicted molar refractivity (Wildman–Crippen MR) is 175 cm³/mol. The van der Waals surface area contributed by atoms with Crippen molar-refractivity contribution in [2.24, 2.45) is 0 Å². The second-order valence-corrected chi connectivity index (χ2v) is 17.8. The van der Waals surface area contributed by atoms with E-state index in [1.54, 1.807) is 0 Å². The standard InChI is InChI=1S/C36H52ClP/c1-2-3-4-5-6-7-8-9-10-11-12-13-14-15-16-26-33-38(37,34-27-20-17-21-28-34,35-29-22-18-23-30-35)36-31-24-19-25-32-36/h17-25,27-32H,2-16,26,33H2,1H3. The first-order chi connectivity index (χ1) is 18.7. The third-order valence-electron chi connectivity index (χ3n) is 8.32. The van der Waals surface area contributed by atoms with Crippen molar-refractivity contribution in [3.8, 4) is 0 Å². The molecule has 208 valence electrons. The summed E-state index contributed by atoms with van der Waals surface area (Å²) in [6, 6.07) is 32.8. The van der Waals surface area contributed by atoms with Gasteiger partial charge in [0.1, 0.15) is 0 Å². The summed E-state index contributed by atoms with van der Waals surface area (Å²) in [5.74, 6) is -3.07. The van der Waals surface area contributed by atoms with Crippen molar-refractivity contribution in [1.82, 2.24) is 0 Å². The topological polar surface area (TPSA) is 0 Å². The molecule has 3 aromatic carbocycles. The van der Waals surface area contributed by atoms with E-state index in [-0.39, 0.29) is 0 Å². The molecule has 0 radical (unpaired) electrons. The van der Waals surface area contributed by atoms with Crippen molar-refractivity contribution in [3.63, 3.8) is 0 Å². The van der Waals surface area contributed by atoms with Crippen LogP contribution in [0.1, 0.15) is 110 Å². The average molecular weight is 551 g/mol. The van der Waals surface area contributed by atoms with Crippen LogP contribution in [0.4, 0.5) is 0 Å². The molecule has 0 aliphatic heterocycles. The van der Waals surface area contributed by atoms with E-state index in [0.29, 0.717) is 0 Å². The molecule has 3 aromatic rings. The molecule has 0 fully saturated rings. The van der Waals surface area contributed by atoms with Crippen LogP contribution in [0.25, 0.3) is 0 Å². The van der Waals surface area contributed by atoms with Crippen LogP contribution < -0.4 is 15.9 Å². The fourth-order valence-electron chi connectivity index (χ4n) is 6.01. The Morgan fingerprint density at radius 3 is 0.947 bits per heavy atom. The van der Waals surface area contributed by atoms with Crippen LogP contribution in [0.2, 0.25) is 0 Å². The molecule has 0 heterocycles. The number of unbranched alkanes of at least 4 members (excludes halogenated alkanes) is 15. The zero-order valence-electron chi connectivity index (χ0n) is 24.0. The van der Waals surface area contributed by atoms with Gasteiger partial charge in [-0.25, -0.2) is 0 Å². The maximum atomic E-state index is 8.17. The van der Waals surface area contributed by atoms with E-state index >= 15 is 0 Å². The molecule has 2 heteroatoms. The van der Waals surface area contributed by atoms with E-state index in [0.717, 1.165) is 12.6 Å². The molecule has 0 aliphatic carbocycles. The van der Waals surface area contributed by atoms with Gasteiger partial charge in [0.25, 0.3) is 0 Å². The third-order valence-corrected chi connectivity index (χ3v) is 15.9. The van der Waals surface area contributed by atoms with Gasteiger partial charge in [0, 0.05) is 0 Å². The molecule has 0 unspecified atom stereocenters. The van der Waals surface area contributed by atoms with Gasteiger partial charge < -0.3 is 0 Å². The normalized spacial score (nSPS) is 12.7. The summed E-state index contributed by atoms with van der Waals surface area (Å²) in [4.78, 5) is 0. The number of hydrogen-bond donors (Lipinski definition) is 0. The van der Waals surface area contributed by atoms with Gasteiger partial charge in [-0.05, 0) is 0 Å². The first-order valence-electron chi connectivity index (χ1n) is 15.6. The second kappa shape index (κ2) is 17.2. The first kappa shape index (κ1) is 30.9. The van der Waals surface area contributed by atoms with E-state index in [1.807, 2.05) is 0 Å². The summed E-state index contributed by atoms with van der Waals surface area (Å²) in [5, 5.41) is 3.87. The molecule has 0 amide bonds. The molecule has 0 spiro atoms. The molecule has 0 atom stereocenters. The van der Waals surface area contributed by atoms with Crippen LogP contribution >= 0.6 is 17.2 Å². The van der Waals surface area contributed by atoms with E-state index in [1.165, 1.54) is 112 Å². The van der Waals surface area contributed by atoms with Crippen molar-refractivity contribution >= 4 is 33.1 Å². The predicted octanol–water partition coefficient (Wildman–Crippen LogP) is 10.9. The van der Waals surface area contributed by atoms with Gasteiger partial charge in [0.05, 0.1) is 0 Å². The van der Waals surface area contributed by atoms with Crippen molar-refractivity contribution < 1.29 is 0 Å². The summed E-state index contributed by atoms with van der Waals surface area (Å²) < 4.78 is 0. The van der Waals surface area contributed by atoms with Crippen molar-refractivity contribution in [2.45, 2.75) is 110 Å². The zero-order chi connectivity index (χ0) is 26.8. The minimum absolute atomic E-state index is 1.02. The van der Waals surface area contributed by atoms with Crippen LogP contribution in [0.15, 0.2) is 91.0 Å². The SMILES string of the molecule is CCCCCCCCCCCCCCCCCCP(Cl)(c1ccccc1)(c1ccccc1)c1ccccc1.